The summed E-state index contributed by atoms with van der Waals surface area (Å²) in [6, 6.07) is 0. The Hall–Kier alpha value is -1.24. The normalized spacial score (nSPS) is 13.6. The van der Waals surface area contributed by atoms with Gasteiger partial charge in [0.05, 0.1) is 0 Å². The topological polar surface area (TPSA) is 12.0 Å². The van der Waals surface area contributed by atoms with E-state index < -0.39 is 0 Å². The van der Waals surface area contributed by atoms with Gasteiger partial charge in [0, 0.05) is 5.70 Å². The van der Waals surface area contributed by atoms with Crippen LogP contribution in [-0.4, -0.2) is 0 Å². The molecule has 12 heavy (non-hydrogen) atoms. The minimum Gasteiger partial charge on any atom is -0.365 e. The quantitative estimate of drug-likeness (QED) is 0.628. The summed E-state index contributed by atoms with van der Waals surface area (Å²) >= 11 is 0. The summed E-state index contributed by atoms with van der Waals surface area (Å²) in [7, 11) is 0. The Morgan fingerprint density at radius 2 is 1.92 bits per heavy atom. The van der Waals surface area contributed by atoms with Gasteiger partial charge < -0.3 is 5.32 Å². The molecule has 66 valence electrons. The van der Waals surface area contributed by atoms with Crippen LogP contribution in [0.4, 0.5) is 0 Å². The molecular weight excluding hydrogens is 146 g/mol. The van der Waals surface area contributed by atoms with E-state index in [2.05, 4.69) is 11.9 Å². The maximum absolute atomic E-state index is 3.74. The smallest absolute Gasteiger partial charge is 0.0188 e. The van der Waals surface area contributed by atoms with E-state index in [1.54, 1.807) is 0 Å². The largest absolute Gasteiger partial charge is 0.365 e. The minimum absolute atomic E-state index is 1.11. The lowest BCUT2D eigenvalue weighted by Gasteiger charge is -2.03. The van der Waals surface area contributed by atoms with Crippen LogP contribution in [0.1, 0.15) is 20.8 Å². The Kier molecular flexibility index (Phi) is 5.80. The van der Waals surface area contributed by atoms with Crippen LogP contribution in [0, 0.1) is 0 Å². The lowest BCUT2D eigenvalue weighted by molar-refractivity contribution is 1.04. The fourth-order valence-corrected chi connectivity index (χ4v) is 0.817. The highest BCUT2D eigenvalue weighted by Gasteiger charge is 1.90. The molecule has 0 radical (unpaired) electrons. The lowest BCUT2D eigenvalue weighted by Crippen LogP contribution is -2.02. The fourth-order valence-electron chi connectivity index (χ4n) is 0.817. The van der Waals surface area contributed by atoms with Gasteiger partial charge in [-0.05, 0) is 32.5 Å². The van der Waals surface area contributed by atoms with Gasteiger partial charge >= 0.3 is 0 Å². The van der Waals surface area contributed by atoms with Crippen molar-refractivity contribution in [3.05, 3.63) is 48.4 Å². The van der Waals surface area contributed by atoms with Crippen LogP contribution < -0.4 is 5.32 Å². The first-order chi connectivity index (χ1) is 5.76. The van der Waals surface area contributed by atoms with E-state index in [9.17, 15) is 0 Å². The van der Waals surface area contributed by atoms with Gasteiger partial charge in [-0.15, -0.1) is 0 Å². The van der Waals surface area contributed by atoms with E-state index >= 15 is 0 Å². The lowest BCUT2D eigenvalue weighted by atomic mass is 10.2. The van der Waals surface area contributed by atoms with Crippen molar-refractivity contribution in [3.63, 3.8) is 0 Å². The third kappa shape index (κ3) is 3.81. The molecule has 0 saturated carbocycles. The van der Waals surface area contributed by atoms with Gasteiger partial charge in [-0.25, -0.2) is 0 Å². The average Bonchev–Trinajstić information content (AvgIpc) is 2.10. The second-order valence-electron chi connectivity index (χ2n) is 2.43. The van der Waals surface area contributed by atoms with Gasteiger partial charge in [0.2, 0.25) is 0 Å². The van der Waals surface area contributed by atoms with Crippen LogP contribution in [0.15, 0.2) is 48.4 Å². The first-order valence-corrected chi connectivity index (χ1v) is 4.10. The standard InChI is InChI=1S/C11H17N/c1-5-8-11(7-3)10(4)12-9-6-2/h5-9,12H,3H2,1-2,4H3/b8-5-,9-6-,11-10+. The summed E-state index contributed by atoms with van der Waals surface area (Å²) in [6.07, 6.45) is 9.73. The van der Waals surface area contributed by atoms with Crippen molar-refractivity contribution < 1.29 is 0 Å². The van der Waals surface area contributed by atoms with Crippen molar-refractivity contribution in [1.82, 2.24) is 5.32 Å². The Morgan fingerprint density at radius 3 is 2.33 bits per heavy atom. The summed E-state index contributed by atoms with van der Waals surface area (Å²) in [5.41, 5.74) is 2.23. The van der Waals surface area contributed by atoms with E-state index in [0.29, 0.717) is 0 Å². The van der Waals surface area contributed by atoms with Crippen LogP contribution in [0.25, 0.3) is 0 Å². The number of nitrogens with one attached hydrogen (secondary N) is 1. The van der Waals surface area contributed by atoms with Crippen LogP contribution in [0.5, 0.6) is 0 Å². The molecule has 0 aliphatic carbocycles. The molecule has 0 atom stereocenters. The molecule has 0 bridgehead atoms. The molecule has 1 heteroatoms. The minimum atomic E-state index is 1.11. The molecule has 0 unspecified atom stereocenters. The van der Waals surface area contributed by atoms with Crippen LogP contribution in [-0.2, 0) is 0 Å². The molecule has 0 aliphatic heterocycles. The van der Waals surface area contributed by atoms with Gasteiger partial charge in [0.1, 0.15) is 0 Å². The van der Waals surface area contributed by atoms with Crippen molar-refractivity contribution >= 4 is 0 Å². The zero-order valence-corrected chi connectivity index (χ0v) is 8.09. The van der Waals surface area contributed by atoms with Crippen molar-refractivity contribution in [2.24, 2.45) is 0 Å². The summed E-state index contributed by atoms with van der Waals surface area (Å²) in [4.78, 5) is 0. The fraction of sp³-hybridized carbons (Fsp3) is 0.273. The molecule has 1 nitrogen and oxygen atoms in total. The van der Waals surface area contributed by atoms with Crippen LogP contribution >= 0.6 is 0 Å². The summed E-state index contributed by atoms with van der Waals surface area (Å²) in [6.45, 7) is 9.73. The molecule has 0 amide bonds. The highest BCUT2D eigenvalue weighted by molar-refractivity contribution is 5.33. The SMILES string of the molecule is C=CC(/C=C\C)=C(/C)N/C=C\C. The highest BCUT2D eigenvalue weighted by atomic mass is 14.8. The van der Waals surface area contributed by atoms with Gasteiger partial charge in [0.15, 0.2) is 0 Å². The second kappa shape index (κ2) is 6.47. The van der Waals surface area contributed by atoms with E-state index in [1.165, 1.54) is 0 Å². The Labute approximate surface area is 75.2 Å². The van der Waals surface area contributed by atoms with E-state index in [4.69, 9.17) is 0 Å². The third-order valence-corrected chi connectivity index (χ3v) is 1.47. The van der Waals surface area contributed by atoms with Crippen molar-refractivity contribution in [2.45, 2.75) is 20.8 Å². The van der Waals surface area contributed by atoms with Crippen molar-refractivity contribution in [3.8, 4) is 0 Å². The summed E-state index contributed by atoms with van der Waals surface area (Å²) in [5.74, 6) is 0. The molecule has 0 spiro atoms. The zero-order valence-electron chi connectivity index (χ0n) is 8.09. The molecule has 0 aromatic heterocycles. The maximum atomic E-state index is 3.74. The summed E-state index contributed by atoms with van der Waals surface area (Å²) in [5, 5.41) is 3.14. The first-order valence-electron chi connectivity index (χ1n) is 4.10. The highest BCUT2D eigenvalue weighted by Crippen LogP contribution is 2.03. The van der Waals surface area contributed by atoms with Crippen LogP contribution in [0.2, 0.25) is 0 Å². The first kappa shape index (κ1) is 10.8. The third-order valence-electron chi connectivity index (χ3n) is 1.47. The second-order valence-corrected chi connectivity index (χ2v) is 2.43. The molecule has 1 N–H and O–H groups in total. The summed E-state index contributed by atoms with van der Waals surface area (Å²) < 4.78 is 0. The molecule has 0 rings (SSSR count). The molecule has 0 saturated heterocycles. The van der Waals surface area contributed by atoms with E-state index in [1.807, 2.05) is 51.3 Å². The molecule has 0 aliphatic rings. The predicted molar refractivity (Wildman–Crippen MR) is 55.7 cm³/mol. The zero-order chi connectivity index (χ0) is 9.40. The van der Waals surface area contributed by atoms with Crippen molar-refractivity contribution in [1.29, 1.82) is 0 Å². The Balaban J connectivity index is 4.47. The van der Waals surface area contributed by atoms with E-state index in [-0.39, 0.29) is 0 Å². The number of rotatable bonds is 4. The van der Waals surface area contributed by atoms with Gasteiger partial charge in [0.25, 0.3) is 0 Å². The van der Waals surface area contributed by atoms with E-state index in [0.717, 1.165) is 11.3 Å². The average molecular weight is 163 g/mol. The number of hydrogen-bond acceptors (Lipinski definition) is 1. The van der Waals surface area contributed by atoms with Crippen molar-refractivity contribution in [2.75, 3.05) is 0 Å². The number of allylic oxidation sites excluding steroid dienone is 6. The van der Waals surface area contributed by atoms with Crippen LogP contribution in [0.3, 0.4) is 0 Å². The molecule has 0 heterocycles. The molecule has 0 fully saturated rings. The Morgan fingerprint density at radius 1 is 1.25 bits per heavy atom. The maximum Gasteiger partial charge on any atom is 0.0188 e. The van der Waals surface area contributed by atoms with Gasteiger partial charge in [-0.3, -0.25) is 0 Å². The monoisotopic (exact) mass is 163 g/mol. The molecule has 0 aromatic rings. The molecular formula is C11H17N. The van der Waals surface area contributed by atoms with Gasteiger partial charge in [-0.1, -0.05) is 30.9 Å². The number of hydrogen-bond donors (Lipinski definition) is 1. The Bertz CT molecular complexity index is 219. The molecule has 0 aromatic carbocycles. The predicted octanol–water partition coefficient (Wildman–Crippen LogP) is 3.15. The van der Waals surface area contributed by atoms with Gasteiger partial charge in [-0.2, -0.15) is 0 Å².